The molecule has 5 heterocycles. The van der Waals surface area contributed by atoms with E-state index in [0.29, 0.717) is 27.8 Å². The Morgan fingerprint density at radius 1 is 1.04 bits per heavy atom. The van der Waals surface area contributed by atoms with Crippen molar-refractivity contribution in [3.63, 3.8) is 0 Å². The maximum atomic E-state index is 14.4. The summed E-state index contributed by atoms with van der Waals surface area (Å²) in [6.45, 7) is 4.61. The molecule has 2 aliphatic rings. The van der Waals surface area contributed by atoms with Crippen molar-refractivity contribution < 1.29 is 33.5 Å². The smallest absolute Gasteiger partial charge is 0.356 e. The lowest BCUT2D eigenvalue weighted by Crippen LogP contribution is -2.71. The molecule has 0 saturated carbocycles. The van der Waals surface area contributed by atoms with Crippen LogP contribution < -0.4 is 5.32 Å². The van der Waals surface area contributed by atoms with Crippen LogP contribution in [0.5, 0.6) is 0 Å². The second-order valence-corrected chi connectivity index (χ2v) is 16.0. The monoisotopic (exact) mass is 798 g/mol. The minimum atomic E-state index is -1.01. The summed E-state index contributed by atoms with van der Waals surface area (Å²) in [5.41, 5.74) is 3.64. The van der Waals surface area contributed by atoms with Crippen molar-refractivity contribution in [2.75, 3.05) is 18.1 Å². The minimum absolute atomic E-state index is 0.114. The van der Waals surface area contributed by atoms with Crippen LogP contribution in [0.25, 0.3) is 5.65 Å². The van der Waals surface area contributed by atoms with E-state index >= 15 is 0 Å². The molecule has 0 bridgehead atoms. The third kappa shape index (κ3) is 8.71. The number of carbonyl (C=O) groups excluding carboxylic acids is 4. The lowest BCUT2D eigenvalue weighted by Gasteiger charge is -2.49. The Morgan fingerprint density at radius 3 is 2.44 bits per heavy atom. The van der Waals surface area contributed by atoms with Crippen molar-refractivity contribution >= 4 is 70.0 Å². The predicted octanol–water partition coefficient (Wildman–Crippen LogP) is 4.42. The second-order valence-electron chi connectivity index (χ2n) is 13.2. The maximum Gasteiger partial charge on any atom is 0.356 e. The van der Waals surface area contributed by atoms with Crippen molar-refractivity contribution in [3.8, 4) is 0 Å². The summed E-state index contributed by atoms with van der Waals surface area (Å²) >= 11 is 4.02. The van der Waals surface area contributed by atoms with Crippen molar-refractivity contribution in [2.45, 2.75) is 48.9 Å². The highest BCUT2D eigenvalue weighted by Gasteiger charge is 2.55. The summed E-state index contributed by atoms with van der Waals surface area (Å²) in [5, 5.41) is 20.7. The van der Waals surface area contributed by atoms with Crippen molar-refractivity contribution in [1.82, 2.24) is 35.0 Å². The van der Waals surface area contributed by atoms with Crippen LogP contribution in [0, 0.1) is 0 Å². The first kappa shape index (κ1) is 37.7. The van der Waals surface area contributed by atoms with Crippen LogP contribution in [0.1, 0.15) is 43.7 Å². The third-order valence-electron chi connectivity index (χ3n) is 8.14. The van der Waals surface area contributed by atoms with Gasteiger partial charge < -0.3 is 19.6 Å². The van der Waals surface area contributed by atoms with E-state index in [2.05, 4.69) is 30.8 Å². The Hall–Kier alpha value is -5.59. The van der Waals surface area contributed by atoms with Gasteiger partial charge in [-0.2, -0.15) is 9.61 Å². The van der Waals surface area contributed by atoms with E-state index in [-0.39, 0.29) is 17.1 Å². The van der Waals surface area contributed by atoms with Gasteiger partial charge in [0.1, 0.15) is 39.8 Å². The highest BCUT2D eigenvalue weighted by molar-refractivity contribution is 8.01. The quantitative estimate of drug-likeness (QED) is 0.0582. The molecule has 15 nitrogen and oxygen atoms in total. The number of oxime groups is 1. The summed E-state index contributed by atoms with van der Waals surface area (Å²) in [4.78, 5) is 65.1. The number of nitrogens with zero attached hydrogens (tertiary/aromatic N) is 7. The van der Waals surface area contributed by atoms with Crippen molar-refractivity contribution in [3.05, 3.63) is 118 Å². The highest BCUT2D eigenvalue weighted by Crippen LogP contribution is 2.43. The Balaban J connectivity index is 1.14. The van der Waals surface area contributed by atoms with Crippen LogP contribution in [0.2, 0.25) is 0 Å². The fourth-order valence-electron chi connectivity index (χ4n) is 5.74. The molecule has 18 heteroatoms. The van der Waals surface area contributed by atoms with Gasteiger partial charge in [0, 0.05) is 16.9 Å². The summed E-state index contributed by atoms with van der Waals surface area (Å²) in [6, 6.07) is 21.3. The first-order chi connectivity index (χ1) is 26.6. The van der Waals surface area contributed by atoms with Gasteiger partial charge in [0.2, 0.25) is 6.61 Å². The van der Waals surface area contributed by atoms with E-state index in [9.17, 15) is 19.2 Å². The molecule has 1 N–H and O–H groups in total. The Kier molecular flexibility index (Phi) is 11.3. The number of thiazole rings is 1. The van der Waals surface area contributed by atoms with E-state index in [1.165, 1.54) is 51.6 Å². The van der Waals surface area contributed by atoms with Crippen LogP contribution in [-0.4, -0.2) is 94.3 Å². The van der Waals surface area contributed by atoms with Crippen LogP contribution >= 0.6 is 34.9 Å². The summed E-state index contributed by atoms with van der Waals surface area (Å²) in [6.07, 6.45) is 0.743. The lowest BCUT2D eigenvalue weighted by atomic mass is 10.0. The molecule has 2 amide bonds. The molecule has 282 valence electrons. The van der Waals surface area contributed by atoms with E-state index in [1.807, 2.05) is 66.7 Å². The number of thioether (sulfide) groups is 2. The molecule has 2 atom stereocenters. The predicted molar refractivity (Wildman–Crippen MR) is 205 cm³/mol. The largest absolute Gasteiger partial charge is 0.457 e. The first-order valence-electron chi connectivity index (χ1n) is 16.9. The number of ether oxygens (including phenoxy) is 2. The molecule has 0 aliphatic carbocycles. The minimum Gasteiger partial charge on any atom is -0.457 e. The molecule has 1 saturated heterocycles. The third-order valence-corrected chi connectivity index (χ3v) is 11.1. The number of amides is 2. The van der Waals surface area contributed by atoms with E-state index in [4.69, 9.17) is 14.3 Å². The summed E-state index contributed by atoms with van der Waals surface area (Å²) < 4.78 is 13.1. The molecule has 3 aromatic heterocycles. The van der Waals surface area contributed by atoms with Gasteiger partial charge in [0.25, 0.3) is 11.8 Å². The molecular weight excluding hydrogens is 765 g/mol. The van der Waals surface area contributed by atoms with E-state index in [1.54, 1.807) is 36.7 Å². The van der Waals surface area contributed by atoms with Crippen LogP contribution in [0.15, 0.2) is 111 Å². The highest BCUT2D eigenvalue weighted by atomic mass is 32.2. The molecule has 2 aliphatic heterocycles. The molecule has 5 aromatic rings. The van der Waals surface area contributed by atoms with Gasteiger partial charge in [-0.25, -0.2) is 14.6 Å². The van der Waals surface area contributed by atoms with Crippen LogP contribution in [-0.2, 0) is 33.5 Å². The Morgan fingerprint density at radius 2 is 1.76 bits per heavy atom. The molecular formula is C37H34N8O7S3. The zero-order valence-corrected chi connectivity index (χ0v) is 32.2. The number of aromatic nitrogens is 5. The number of rotatable bonds is 13. The van der Waals surface area contributed by atoms with Gasteiger partial charge in [0.05, 0.1) is 5.51 Å². The molecule has 55 heavy (non-hydrogen) atoms. The molecule has 0 radical (unpaired) electrons. The number of esters is 2. The van der Waals surface area contributed by atoms with Crippen molar-refractivity contribution in [1.29, 1.82) is 0 Å². The second kappa shape index (κ2) is 16.4. The molecule has 1 fully saturated rings. The summed E-state index contributed by atoms with van der Waals surface area (Å²) in [5.74, 6) is -1.92. The van der Waals surface area contributed by atoms with Gasteiger partial charge >= 0.3 is 11.9 Å². The van der Waals surface area contributed by atoms with Crippen molar-refractivity contribution in [2.24, 2.45) is 5.16 Å². The van der Waals surface area contributed by atoms with Gasteiger partial charge in [-0.15, -0.1) is 45.1 Å². The van der Waals surface area contributed by atoms with Crippen LogP contribution in [0.4, 0.5) is 0 Å². The standard InChI is InChI=1S/C37H34N8O7S3/c1-37(2,3)52-28(46)16-50-43-29(25-19-53-21-38-25)33(47)40-30-34(48)45-31(36(49)51-32(22-10-6-4-7-11-22)23-12-8-5-9-13-23)24(18-55-35(30)45)17-54-27-15-14-26-41-39-20-44(26)42-27/h4-15,19-21,30,32,35H,16-18H2,1-3H3,(H,40,47)/b43-29-. The molecule has 2 aromatic carbocycles. The van der Waals surface area contributed by atoms with E-state index < -0.39 is 53.5 Å². The maximum absolute atomic E-state index is 14.4. The zero-order chi connectivity index (χ0) is 38.5. The fourth-order valence-corrected chi connectivity index (χ4v) is 8.63. The van der Waals surface area contributed by atoms with Gasteiger partial charge in [0.15, 0.2) is 17.5 Å². The number of hydrogen-bond donors (Lipinski definition) is 1. The number of benzene rings is 2. The van der Waals surface area contributed by atoms with Crippen LogP contribution in [0.3, 0.4) is 0 Å². The summed E-state index contributed by atoms with van der Waals surface area (Å²) in [7, 11) is 0. The molecule has 0 spiro atoms. The van der Waals surface area contributed by atoms with Gasteiger partial charge in [-0.05, 0) is 49.6 Å². The average molecular weight is 799 g/mol. The Labute approximate surface area is 327 Å². The molecule has 7 rings (SSSR count). The Bertz CT molecular complexity index is 2220. The fraction of sp³-hybridized carbons (Fsp3) is 0.270. The number of β-lactam (4-membered cyclic amide) rings is 1. The van der Waals surface area contributed by atoms with Gasteiger partial charge in [-0.1, -0.05) is 65.8 Å². The normalized spacial score (nSPS) is 17.1. The van der Waals surface area contributed by atoms with Gasteiger partial charge in [-0.3, -0.25) is 14.5 Å². The van der Waals surface area contributed by atoms with E-state index in [0.717, 1.165) is 11.1 Å². The number of nitrogens with one attached hydrogen (secondary N) is 1. The number of fused-ring (bicyclic) bond motifs is 2. The topological polar surface area (TPSA) is 180 Å². The molecule has 2 unspecified atom stereocenters. The lowest BCUT2D eigenvalue weighted by molar-refractivity contribution is -0.160. The number of hydrogen-bond acceptors (Lipinski definition) is 15. The zero-order valence-electron chi connectivity index (χ0n) is 29.7. The number of carbonyl (C=O) groups is 4. The SMILES string of the molecule is CC(C)(C)OC(=O)CO/N=C(\C(=O)NC1C(=O)N2C(C(=O)OC(c3ccccc3)c3ccccc3)=C(CSc3ccc4nncn4n3)CSC12)c1cscn1. The first-order valence-corrected chi connectivity index (χ1v) is 19.9. The average Bonchev–Trinajstić information content (AvgIpc) is 3.89.